The van der Waals surface area contributed by atoms with E-state index in [1.54, 1.807) is 0 Å². The van der Waals surface area contributed by atoms with Crippen LogP contribution in [0, 0.1) is 5.92 Å². The molecule has 134 valence electrons. The zero-order valence-corrected chi connectivity index (χ0v) is 16.5. The third-order valence-corrected chi connectivity index (χ3v) is 6.05. The molecule has 1 aliphatic carbocycles. The van der Waals surface area contributed by atoms with Gasteiger partial charge in [0.1, 0.15) is 0 Å². The minimum absolute atomic E-state index is 0.0410. The first-order valence-electron chi connectivity index (χ1n) is 9.91. The van der Waals surface area contributed by atoms with Crippen molar-refractivity contribution >= 4 is 21.5 Å². The summed E-state index contributed by atoms with van der Waals surface area (Å²) in [5, 5.41) is 5.24. The molecular formula is C26H25N. The van der Waals surface area contributed by atoms with Crippen LogP contribution in [0.1, 0.15) is 44.4 Å². The highest BCUT2D eigenvalue weighted by Crippen LogP contribution is 2.49. The van der Waals surface area contributed by atoms with Gasteiger partial charge in [-0.25, -0.2) is 0 Å². The van der Waals surface area contributed by atoms with E-state index in [2.05, 4.69) is 82.3 Å². The van der Waals surface area contributed by atoms with E-state index < -0.39 is 0 Å². The lowest BCUT2D eigenvalue weighted by Gasteiger charge is -2.35. The summed E-state index contributed by atoms with van der Waals surface area (Å²) in [7, 11) is 0. The van der Waals surface area contributed by atoms with Gasteiger partial charge in [0.25, 0.3) is 0 Å². The number of benzene rings is 3. The predicted octanol–water partition coefficient (Wildman–Crippen LogP) is 6.89. The molecule has 4 aromatic rings. The standard InChI is InChI=1S/C26H25N/c1-16(2)11-17-12-20-9-10-27-25-21-14-18-7-5-6-8-19(18)15-22(21)26(3,4)23(13-17)24(20)25/h5-10,12-16H,11H2,1-4H3. The van der Waals surface area contributed by atoms with E-state index in [9.17, 15) is 0 Å². The van der Waals surface area contributed by atoms with E-state index in [1.165, 1.54) is 43.8 Å². The summed E-state index contributed by atoms with van der Waals surface area (Å²) in [6, 6.07) is 20.3. The van der Waals surface area contributed by atoms with E-state index in [-0.39, 0.29) is 5.41 Å². The van der Waals surface area contributed by atoms with Crippen LogP contribution in [0.3, 0.4) is 0 Å². The Labute approximate surface area is 161 Å². The fraction of sp³-hybridized carbons (Fsp3) is 0.269. The van der Waals surface area contributed by atoms with E-state index in [0.717, 1.165) is 12.1 Å². The second kappa shape index (κ2) is 5.66. The Balaban J connectivity index is 1.90. The molecule has 0 N–H and O–H groups in total. The van der Waals surface area contributed by atoms with Crippen molar-refractivity contribution in [2.75, 3.05) is 0 Å². The number of hydrogen-bond donors (Lipinski definition) is 0. The maximum Gasteiger partial charge on any atom is 0.0786 e. The molecule has 0 aliphatic heterocycles. The lowest BCUT2D eigenvalue weighted by Crippen LogP contribution is -2.24. The number of hydrogen-bond acceptors (Lipinski definition) is 1. The van der Waals surface area contributed by atoms with E-state index in [0.29, 0.717) is 5.92 Å². The first-order valence-corrected chi connectivity index (χ1v) is 9.91. The second-order valence-corrected chi connectivity index (χ2v) is 8.87. The number of nitrogens with zero attached hydrogens (tertiary/aromatic N) is 1. The van der Waals surface area contributed by atoms with Crippen LogP contribution in [-0.4, -0.2) is 4.98 Å². The fourth-order valence-corrected chi connectivity index (χ4v) is 4.76. The predicted molar refractivity (Wildman–Crippen MR) is 115 cm³/mol. The smallest absolute Gasteiger partial charge is 0.0786 e. The number of rotatable bonds is 2. The van der Waals surface area contributed by atoms with E-state index in [4.69, 9.17) is 4.98 Å². The molecule has 0 unspecified atom stereocenters. The van der Waals surface area contributed by atoms with Crippen molar-refractivity contribution in [2.24, 2.45) is 5.92 Å². The first kappa shape index (κ1) is 16.5. The molecule has 3 aromatic carbocycles. The maximum atomic E-state index is 4.84. The third kappa shape index (κ3) is 2.41. The van der Waals surface area contributed by atoms with Crippen LogP contribution < -0.4 is 0 Å². The van der Waals surface area contributed by atoms with Crippen LogP contribution in [0.4, 0.5) is 0 Å². The van der Waals surface area contributed by atoms with Crippen molar-refractivity contribution in [1.82, 2.24) is 4.98 Å². The van der Waals surface area contributed by atoms with Crippen LogP contribution in [0.5, 0.6) is 0 Å². The van der Waals surface area contributed by atoms with Gasteiger partial charge in [0, 0.05) is 22.6 Å². The minimum atomic E-state index is -0.0410. The van der Waals surface area contributed by atoms with Crippen LogP contribution in [0.25, 0.3) is 32.8 Å². The molecule has 1 nitrogen and oxygen atoms in total. The summed E-state index contributed by atoms with van der Waals surface area (Å²) >= 11 is 0. The molecule has 0 saturated carbocycles. The molecule has 1 aliphatic rings. The molecular weight excluding hydrogens is 326 g/mol. The van der Waals surface area contributed by atoms with Gasteiger partial charge < -0.3 is 0 Å². The highest BCUT2D eigenvalue weighted by Gasteiger charge is 2.34. The molecule has 1 heteroatoms. The summed E-state index contributed by atoms with van der Waals surface area (Å²) in [5.41, 5.74) is 6.62. The monoisotopic (exact) mass is 351 g/mol. The average Bonchev–Trinajstić information content (AvgIpc) is 2.64. The van der Waals surface area contributed by atoms with E-state index in [1.807, 2.05) is 6.20 Å². The Morgan fingerprint density at radius 2 is 1.59 bits per heavy atom. The molecule has 5 rings (SSSR count). The van der Waals surface area contributed by atoms with Gasteiger partial charge in [-0.15, -0.1) is 0 Å². The van der Waals surface area contributed by atoms with Crippen molar-refractivity contribution in [3.63, 3.8) is 0 Å². The van der Waals surface area contributed by atoms with Gasteiger partial charge in [-0.1, -0.05) is 64.1 Å². The molecule has 1 heterocycles. The normalized spacial score (nSPS) is 14.7. The summed E-state index contributed by atoms with van der Waals surface area (Å²) in [5.74, 6) is 0.652. The molecule has 0 bridgehead atoms. The van der Waals surface area contributed by atoms with Crippen molar-refractivity contribution in [3.8, 4) is 11.3 Å². The molecule has 0 amide bonds. The average molecular weight is 351 g/mol. The Bertz CT molecular complexity index is 1200. The van der Waals surface area contributed by atoms with Gasteiger partial charge in [0.15, 0.2) is 0 Å². The highest BCUT2D eigenvalue weighted by atomic mass is 14.7. The van der Waals surface area contributed by atoms with Gasteiger partial charge in [0.2, 0.25) is 0 Å². The molecule has 0 atom stereocenters. The summed E-state index contributed by atoms with van der Waals surface area (Å²) in [6.07, 6.45) is 3.08. The van der Waals surface area contributed by atoms with Crippen molar-refractivity contribution in [3.05, 3.63) is 77.5 Å². The number of pyridine rings is 1. The van der Waals surface area contributed by atoms with Crippen molar-refractivity contribution in [1.29, 1.82) is 0 Å². The first-order chi connectivity index (χ1) is 12.9. The quantitative estimate of drug-likeness (QED) is 0.383. The van der Waals surface area contributed by atoms with Crippen LogP contribution >= 0.6 is 0 Å². The Hall–Kier alpha value is -2.67. The molecule has 0 fully saturated rings. The van der Waals surface area contributed by atoms with Crippen LogP contribution in [0.2, 0.25) is 0 Å². The largest absolute Gasteiger partial charge is 0.256 e. The highest BCUT2D eigenvalue weighted by molar-refractivity contribution is 6.04. The molecule has 1 aromatic heterocycles. The Kier molecular flexibility index (Phi) is 3.46. The van der Waals surface area contributed by atoms with Crippen molar-refractivity contribution < 1.29 is 0 Å². The van der Waals surface area contributed by atoms with Gasteiger partial charge in [-0.2, -0.15) is 0 Å². The topological polar surface area (TPSA) is 12.9 Å². The zero-order valence-electron chi connectivity index (χ0n) is 16.5. The van der Waals surface area contributed by atoms with Gasteiger partial charge in [0.05, 0.1) is 5.69 Å². The number of fused-ring (bicyclic) bond motifs is 3. The lowest BCUT2D eigenvalue weighted by molar-refractivity contribution is 0.630. The maximum absolute atomic E-state index is 4.84. The van der Waals surface area contributed by atoms with Gasteiger partial charge in [-0.3, -0.25) is 4.98 Å². The lowest BCUT2D eigenvalue weighted by atomic mass is 9.68. The molecule has 0 saturated heterocycles. The van der Waals surface area contributed by atoms with Crippen LogP contribution in [-0.2, 0) is 11.8 Å². The summed E-state index contributed by atoms with van der Waals surface area (Å²) < 4.78 is 0. The van der Waals surface area contributed by atoms with Gasteiger partial charge in [-0.05, 0) is 63.4 Å². The zero-order chi connectivity index (χ0) is 18.8. The number of aromatic nitrogens is 1. The molecule has 0 spiro atoms. The SMILES string of the molecule is CC(C)Cc1cc2c3c(nccc3c1)-c1cc3ccccc3cc1C2(C)C. The molecule has 27 heavy (non-hydrogen) atoms. The summed E-state index contributed by atoms with van der Waals surface area (Å²) in [4.78, 5) is 4.84. The Morgan fingerprint density at radius 1 is 0.852 bits per heavy atom. The minimum Gasteiger partial charge on any atom is -0.256 e. The van der Waals surface area contributed by atoms with Crippen LogP contribution in [0.15, 0.2) is 60.8 Å². The van der Waals surface area contributed by atoms with E-state index >= 15 is 0 Å². The molecule has 0 radical (unpaired) electrons. The fourth-order valence-electron chi connectivity index (χ4n) is 4.76. The second-order valence-electron chi connectivity index (χ2n) is 8.87. The van der Waals surface area contributed by atoms with Crippen molar-refractivity contribution in [2.45, 2.75) is 39.5 Å². The third-order valence-electron chi connectivity index (χ3n) is 6.05. The summed E-state index contributed by atoms with van der Waals surface area (Å²) in [6.45, 7) is 9.32. The Morgan fingerprint density at radius 3 is 2.33 bits per heavy atom. The van der Waals surface area contributed by atoms with Gasteiger partial charge >= 0.3 is 0 Å².